The molecule has 2 aliphatic heterocycles. The van der Waals surface area contributed by atoms with Gasteiger partial charge in [0.1, 0.15) is 5.82 Å². The van der Waals surface area contributed by atoms with Crippen LogP contribution >= 0.6 is 11.6 Å². The van der Waals surface area contributed by atoms with E-state index in [1.54, 1.807) is 19.2 Å². The number of likely N-dealkylation sites (tertiary alicyclic amines) is 1. The van der Waals surface area contributed by atoms with E-state index in [1.807, 2.05) is 13.8 Å². The molecule has 1 unspecified atom stereocenters. The molecule has 1 saturated heterocycles. The first-order valence-electron chi connectivity index (χ1n) is 13.0. The van der Waals surface area contributed by atoms with Crippen molar-refractivity contribution in [3.8, 4) is 17.0 Å². The SMILES string of the molecule is C=CC(=O)N1CC(F)(CN2C(=O)C(O)N(c3c(C)ccnc3C(C)C)c3nc(-c4c(F)ccc(F)c4O)c(Cl)cc32)C1. The molecule has 0 spiro atoms. The molecule has 0 saturated carbocycles. The number of carbonyl (C=O) groups is 2. The van der Waals surface area contributed by atoms with Gasteiger partial charge in [-0.05, 0) is 48.7 Å². The summed E-state index contributed by atoms with van der Waals surface area (Å²) in [6.07, 6.45) is 0.692. The maximum Gasteiger partial charge on any atom is 0.277 e. The molecule has 4 heterocycles. The standard InChI is InChI=1S/C29H27ClF3N5O4/c1-5-20(39)36-11-29(33,12-36)13-37-19-10-16(30)23(21-17(31)6-7-18(32)25(21)40)35-26(19)38(28(42)27(37)41)24-15(4)8-9-34-22(24)14(2)3/h5-10,14,28,40,42H,1,11-13H2,2-4H3. The second kappa shape index (κ2) is 10.6. The maximum atomic E-state index is 15.8. The zero-order chi connectivity index (χ0) is 30.7. The summed E-state index contributed by atoms with van der Waals surface area (Å²) in [5, 5.41) is 21.6. The number of aryl methyl sites for hydroxylation is 1. The van der Waals surface area contributed by atoms with Crippen molar-refractivity contribution in [3.63, 3.8) is 0 Å². The van der Waals surface area contributed by atoms with Gasteiger partial charge in [0.2, 0.25) is 12.1 Å². The first kappa shape index (κ1) is 29.3. The van der Waals surface area contributed by atoms with Gasteiger partial charge in [-0.3, -0.25) is 19.5 Å². The van der Waals surface area contributed by atoms with Crippen molar-refractivity contribution in [1.82, 2.24) is 14.9 Å². The van der Waals surface area contributed by atoms with Gasteiger partial charge < -0.3 is 20.0 Å². The lowest BCUT2D eigenvalue weighted by molar-refractivity contribution is -0.140. The summed E-state index contributed by atoms with van der Waals surface area (Å²) in [4.78, 5) is 37.9. The van der Waals surface area contributed by atoms with E-state index in [4.69, 9.17) is 11.6 Å². The Balaban J connectivity index is 1.73. The predicted molar refractivity (Wildman–Crippen MR) is 150 cm³/mol. The van der Waals surface area contributed by atoms with Gasteiger partial charge in [0.05, 0.1) is 53.0 Å². The molecule has 3 aromatic rings. The molecule has 0 aliphatic carbocycles. The fraction of sp³-hybridized carbons (Fsp3) is 0.310. The van der Waals surface area contributed by atoms with Crippen LogP contribution in [0, 0.1) is 18.6 Å². The van der Waals surface area contributed by atoms with Gasteiger partial charge in [-0.15, -0.1) is 0 Å². The van der Waals surface area contributed by atoms with Crippen LogP contribution in [-0.2, 0) is 9.59 Å². The number of pyridine rings is 2. The minimum absolute atomic E-state index is 0.0289. The number of alkyl halides is 1. The van der Waals surface area contributed by atoms with E-state index in [2.05, 4.69) is 16.5 Å². The summed E-state index contributed by atoms with van der Waals surface area (Å²) in [5.41, 5.74) is -1.62. The molecular weight excluding hydrogens is 575 g/mol. The van der Waals surface area contributed by atoms with Crippen molar-refractivity contribution >= 4 is 40.6 Å². The van der Waals surface area contributed by atoms with Crippen molar-refractivity contribution in [2.75, 3.05) is 29.4 Å². The van der Waals surface area contributed by atoms with Gasteiger partial charge in [0, 0.05) is 6.20 Å². The molecule has 5 rings (SSSR count). The van der Waals surface area contributed by atoms with Crippen LogP contribution in [0.5, 0.6) is 5.75 Å². The van der Waals surface area contributed by atoms with E-state index in [-0.39, 0.29) is 41.2 Å². The fourth-order valence-corrected chi connectivity index (χ4v) is 5.52. The van der Waals surface area contributed by atoms with Crippen LogP contribution in [-0.4, -0.2) is 68.4 Å². The van der Waals surface area contributed by atoms with Crippen molar-refractivity contribution in [3.05, 3.63) is 71.0 Å². The summed E-state index contributed by atoms with van der Waals surface area (Å²) < 4.78 is 45.0. The Labute approximate surface area is 244 Å². The van der Waals surface area contributed by atoms with Gasteiger partial charge in [-0.2, -0.15) is 0 Å². The third-order valence-electron chi connectivity index (χ3n) is 7.32. The van der Waals surface area contributed by atoms with Crippen LogP contribution in [0.25, 0.3) is 11.3 Å². The number of hydrogen-bond acceptors (Lipinski definition) is 7. The molecule has 42 heavy (non-hydrogen) atoms. The third kappa shape index (κ3) is 4.74. The average molecular weight is 602 g/mol. The Morgan fingerprint density at radius 3 is 2.57 bits per heavy atom. The highest BCUT2D eigenvalue weighted by atomic mass is 35.5. The second-order valence-electron chi connectivity index (χ2n) is 10.6. The quantitative estimate of drug-likeness (QED) is 0.392. The van der Waals surface area contributed by atoms with Crippen LogP contribution in [0.2, 0.25) is 5.02 Å². The number of aliphatic hydroxyl groups excluding tert-OH is 1. The van der Waals surface area contributed by atoms with E-state index >= 15 is 4.39 Å². The highest BCUT2D eigenvalue weighted by molar-refractivity contribution is 6.33. The highest BCUT2D eigenvalue weighted by Crippen LogP contribution is 2.48. The molecule has 0 radical (unpaired) electrons. The monoisotopic (exact) mass is 601 g/mol. The fourth-order valence-electron chi connectivity index (χ4n) is 5.28. The number of halogens is 4. The number of benzene rings is 1. The zero-order valence-corrected chi connectivity index (χ0v) is 23.7. The molecule has 2 aliphatic rings. The van der Waals surface area contributed by atoms with Gasteiger partial charge in [0.15, 0.2) is 23.1 Å². The Morgan fingerprint density at radius 2 is 1.93 bits per heavy atom. The number of phenols is 1. The van der Waals surface area contributed by atoms with Crippen LogP contribution in [0.15, 0.2) is 43.1 Å². The highest BCUT2D eigenvalue weighted by Gasteiger charge is 2.50. The number of anilines is 3. The Kier molecular flexibility index (Phi) is 7.40. The lowest BCUT2D eigenvalue weighted by Gasteiger charge is -2.48. The summed E-state index contributed by atoms with van der Waals surface area (Å²) in [5.74, 6) is -4.88. The molecule has 1 fully saturated rings. The van der Waals surface area contributed by atoms with E-state index in [0.29, 0.717) is 16.9 Å². The lowest BCUT2D eigenvalue weighted by Crippen LogP contribution is -2.67. The first-order valence-corrected chi connectivity index (χ1v) is 13.4. The van der Waals surface area contributed by atoms with Crippen LogP contribution < -0.4 is 9.80 Å². The first-order chi connectivity index (χ1) is 19.8. The normalized spacial score (nSPS) is 17.8. The van der Waals surface area contributed by atoms with Gasteiger partial charge >= 0.3 is 0 Å². The van der Waals surface area contributed by atoms with Crippen molar-refractivity contribution in [2.24, 2.45) is 0 Å². The molecule has 220 valence electrons. The van der Waals surface area contributed by atoms with Crippen molar-refractivity contribution in [1.29, 1.82) is 0 Å². The number of aromatic nitrogens is 2. The number of amides is 2. The Bertz CT molecular complexity index is 1630. The second-order valence-corrected chi connectivity index (χ2v) is 11.1. The van der Waals surface area contributed by atoms with Crippen LogP contribution in [0.4, 0.5) is 30.4 Å². The number of aliphatic hydroxyl groups is 1. The molecule has 13 heteroatoms. The van der Waals surface area contributed by atoms with Crippen molar-refractivity contribution in [2.45, 2.75) is 38.6 Å². The molecule has 1 aromatic carbocycles. The molecule has 0 bridgehead atoms. The number of nitrogens with zero attached hydrogens (tertiary/aromatic N) is 5. The Hall–Kier alpha value is -4.16. The zero-order valence-electron chi connectivity index (χ0n) is 22.9. The maximum absolute atomic E-state index is 15.8. The van der Waals surface area contributed by atoms with Gasteiger partial charge in [-0.1, -0.05) is 32.0 Å². The number of phenolic OH excluding ortho intramolecular Hbond substituents is 1. The van der Waals surface area contributed by atoms with Crippen LogP contribution in [0.3, 0.4) is 0 Å². The van der Waals surface area contributed by atoms with Gasteiger partial charge in [-0.25, -0.2) is 18.2 Å². The largest absolute Gasteiger partial charge is 0.504 e. The number of rotatable bonds is 6. The molecule has 1 atom stereocenters. The lowest BCUT2D eigenvalue weighted by atomic mass is 9.94. The summed E-state index contributed by atoms with van der Waals surface area (Å²) in [6, 6.07) is 4.42. The molecule has 2 N–H and O–H groups in total. The molecule has 9 nitrogen and oxygen atoms in total. The Morgan fingerprint density at radius 1 is 1.26 bits per heavy atom. The number of aromatic hydroxyl groups is 1. The van der Waals surface area contributed by atoms with E-state index in [9.17, 15) is 28.6 Å². The van der Waals surface area contributed by atoms with E-state index in [0.717, 1.165) is 23.1 Å². The summed E-state index contributed by atoms with van der Waals surface area (Å²) in [7, 11) is 0. The van der Waals surface area contributed by atoms with Gasteiger partial charge in [0.25, 0.3) is 5.91 Å². The number of fused-ring (bicyclic) bond motifs is 1. The average Bonchev–Trinajstić information content (AvgIpc) is 2.93. The third-order valence-corrected chi connectivity index (χ3v) is 7.61. The van der Waals surface area contributed by atoms with Crippen LogP contribution in [0.1, 0.15) is 31.0 Å². The van der Waals surface area contributed by atoms with Crippen molar-refractivity contribution < 1.29 is 33.0 Å². The predicted octanol–water partition coefficient (Wildman–Crippen LogP) is 4.75. The topological polar surface area (TPSA) is 110 Å². The molecular formula is C29H27ClF3N5O4. The molecule has 2 aromatic heterocycles. The smallest absolute Gasteiger partial charge is 0.277 e. The molecule has 2 amide bonds. The summed E-state index contributed by atoms with van der Waals surface area (Å²) >= 11 is 6.50. The summed E-state index contributed by atoms with van der Waals surface area (Å²) in [6.45, 7) is 7.63. The number of hydrogen-bond donors (Lipinski definition) is 2. The minimum Gasteiger partial charge on any atom is -0.504 e. The van der Waals surface area contributed by atoms with E-state index in [1.165, 1.54) is 15.9 Å². The number of carbonyl (C=O) groups excluding carboxylic acids is 2. The minimum atomic E-state index is -2.03. The van der Waals surface area contributed by atoms with E-state index < -0.39 is 53.2 Å².